The summed E-state index contributed by atoms with van der Waals surface area (Å²) in [7, 11) is 1.81. The summed E-state index contributed by atoms with van der Waals surface area (Å²) in [6.45, 7) is 7.66. The van der Waals surface area contributed by atoms with E-state index in [1.54, 1.807) is 17.7 Å². The number of carbonyl (C=O) groups is 2. The van der Waals surface area contributed by atoms with Crippen molar-refractivity contribution < 1.29 is 14.3 Å². The summed E-state index contributed by atoms with van der Waals surface area (Å²) < 4.78 is 6.80. The first-order valence-electron chi connectivity index (χ1n) is 8.21. The first kappa shape index (κ1) is 18.1. The highest BCUT2D eigenvalue weighted by molar-refractivity contribution is 7.16. The van der Waals surface area contributed by atoms with Crippen molar-refractivity contribution in [2.45, 2.75) is 27.7 Å². The number of hydrogen-bond acceptors (Lipinski definition) is 6. The lowest BCUT2D eigenvalue weighted by Gasteiger charge is -2.07. The molecule has 1 N–H and O–H groups in total. The van der Waals surface area contributed by atoms with E-state index in [-0.39, 0.29) is 12.5 Å². The van der Waals surface area contributed by atoms with Gasteiger partial charge in [-0.15, -0.1) is 11.3 Å². The fourth-order valence-corrected chi connectivity index (χ4v) is 3.81. The number of pyridine rings is 1. The number of aryl methyl sites for hydroxylation is 3. The van der Waals surface area contributed by atoms with Gasteiger partial charge in [-0.1, -0.05) is 0 Å². The summed E-state index contributed by atoms with van der Waals surface area (Å²) >= 11 is 1.36. The average molecular weight is 372 g/mol. The Labute approximate surface area is 155 Å². The maximum atomic E-state index is 12.7. The lowest BCUT2D eigenvalue weighted by atomic mass is 10.1. The lowest BCUT2D eigenvalue weighted by molar-refractivity contribution is 0.0527. The maximum Gasteiger partial charge on any atom is 0.341 e. The van der Waals surface area contributed by atoms with Crippen LogP contribution in [-0.4, -0.2) is 33.2 Å². The number of nitrogens with one attached hydrogen (secondary N) is 1. The molecule has 26 heavy (non-hydrogen) atoms. The van der Waals surface area contributed by atoms with Gasteiger partial charge in [0.15, 0.2) is 5.65 Å². The van der Waals surface area contributed by atoms with Gasteiger partial charge in [-0.05, 0) is 39.3 Å². The third-order valence-corrected chi connectivity index (χ3v) is 5.34. The van der Waals surface area contributed by atoms with Gasteiger partial charge in [-0.25, -0.2) is 9.78 Å². The summed E-state index contributed by atoms with van der Waals surface area (Å²) in [5.74, 6) is -0.754. The van der Waals surface area contributed by atoms with Crippen LogP contribution in [0.25, 0.3) is 11.0 Å². The Bertz CT molecular complexity index is 1020. The predicted octanol–water partition coefficient (Wildman–Crippen LogP) is 3.38. The molecule has 1 amide bonds. The fraction of sp³-hybridized carbons (Fsp3) is 0.333. The SMILES string of the molecule is CCOC(=O)c1c(NC(=O)c2cnc3c(c2)c(C)nn3C)sc(C)c1C. The molecule has 136 valence electrons. The van der Waals surface area contributed by atoms with Crippen molar-refractivity contribution in [2.24, 2.45) is 7.05 Å². The number of hydrogen-bond donors (Lipinski definition) is 1. The summed E-state index contributed by atoms with van der Waals surface area (Å²) in [5.41, 5.74) is 3.16. The molecular weight excluding hydrogens is 352 g/mol. The number of thiophene rings is 1. The number of fused-ring (bicyclic) bond motifs is 1. The molecule has 0 atom stereocenters. The molecule has 0 saturated carbocycles. The molecule has 3 rings (SSSR count). The molecule has 0 spiro atoms. The summed E-state index contributed by atoms with van der Waals surface area (Å²) in [6, 6.07) is 1.76. The van der Waals surface area contributed by atoms with E-state index in [0.717, 1.165) is 21.5 Å². The highest BCUT2D eigenvalue weighted by Crippen LogP contribution is 2.33. The van der Waals surface area contributed by atoms with Gasteiger partial charge >= 0.3 is 5.97 Å². The van der Waals surface area contributed by atoms with Crippen LogP contribution >= 0.6 is 11.3 Å². The smallest absolute Gasteiger partial charge is 0.341 e. The Balaban J connectivity index is 1.94. The molecule has 7 nitrogen and oxygen atoms in total. The Morgan fingerprint density at radius 3 is 2.73 bits per heavy atom. The zero-order valence-corrected chi connectivity index (χ0v) is 16.2. The number of rotatable bonds is 4. The summed E-state index contributed by atoms with van der Waals surface area (Å²) in [4.78, 5) is 30.2. The molecule has 0 bridgehead atoms. The summed E-state index contributed by atoms with van der Waals surface area (Å²) in [5, 5.41) is 8.46. The zero-order valence-electron chi connectivity index (χ0n) is 15.3. The number of amides is 1. The van der Waals surface area contributed by atoms with E-state index < -0.39 is 5.97 Å². The van der Waals surface area contributed by atoms with E-state index >= 15 is 0 Å². The zero-order chi connectivity index (χ0) is 19.0. The molecule has 8 heteroatoms. The highest BCUT2D eigenvalue weighted by atomic mass is 32.1. The van der Waals surface area contributed by atoms with Gasteiger partial charge in [0, 0.05) is 23.5 Å². The second-order valence-corrected chi connectivity index (χ2v) is 7.19. The van der Waals surface area contributed by atoms with Crippen LogP contribution in [-0.2, 0) is 11.8 Å². The van der Waals surface area contributed by atoms with Crippen LogP contribution in [0.3, 0.4) is 0 Å². The molecule has 0 aliphatic rings. The van der Waals surface area contributed by atoms with Crippen LogP contribution in [0.5, 0.6) is 0 Å². The van der Waals surface area contributed by atoms with Crippen LogP contribution in [0.4, 0.5) is 5.00 Å². The number of nitrogens with zero attached hydrogens (tertiary/aromatic N) is 3. The Hall–Kier alpha value is -2.74. The van der Waals surface area contributed by atoms with Crippen molar-refractivity contribution in [1.29, 1.82) is 0 Å². The maximum absolute atomic E-state index is 12.7. The molecule has 0 unspecified atom stereocenters. The van der Waals surface area contributed by atoms with Crippen LogP contribution in [0, 0.1) is 20.8 Å². The molecule has 0 aliphatic heterocycles. The molecular formula is C18H20N4O3S. The van der Waals surface area contributed by atoms with Crippen molar-refractivity contribution in [1.82, 2.24) is 14.8 Å². The minimum absolute atomic E-state index is 0.279. The Morgan fingerprint density at radius 1 is 1.31 bits per heavy atom. The van der Waals surface area contributed by atoms with Crippen molar-refractivity contribution >= 4 is 39.2 Å². The minimum atomic E-state index is -0.429. The van der Waals surface area contributed by atoms with E-state index in [0.29, 0.717) is 21.8 Å². The van der Waals surface area contributed by atoms with E-state index in [4.69, 9.17) is 4.74 Å². The number of ether oxygens (including phenoxy) is 1. The monoisotopic (exact) mass is 372 g/mol. The van der Waals surface area contributed by atoms with Crippen LogP contribution in [0.2, 0.25) is 0 Å². The van der Waals surface area contributed by atoms with Gasteiger partial charge in [0.25, 0.3) is 5.91 Å². The molecule has 0 aliphatic carbocycles. The van der Waals surface area contributed by atoms with E-state index in [2.05, 4.69) is 15.4 Å². The Kier molecular flexibility index (Phi) is 4.78. The second-order valence-electron chi connectivity index (χ2n) is 5.97. The van der Waals surface area contributed by atoms with E-state index in [9.17, 15) is 9.59 Å². The van der Waals surface area contributed by atoms with Crippen LogP contribution in [0.15, 0.2) is 12.3 Å². The number of aromatic nitrogens is 3. The van der Waals surface area contributed by atoms with Crippen molar-refractivity contribution in [2.75, 3.05) is 11.9 Å². The molecule has 3 aromatic rings. The lowest BCUT2D eigenvalue weighted by Crippen LogP contribution is -2.15. The number of carbonyl (C=O) groups excluding carboxylic acids is 2. The van der Waals surface area contributed by atoms with E-state index in [1.807, 2.05) is 27.8 Å². The van der Waals surface area contributed by atoms with Crippen molar-refractivity contribution in [3.05, 3.63) is 39.5 Å². The first-order chi connectivity index (χ1) is 12.3. The summed E-state index contributed by atoms with van der Waals surface area (Å²) in [6.07, 6.45) is 1.51. The van der Waals surface area contributed by atoms with Gasteiger partial charge < -0.3 is 10.1 Å². The Morgan fingerprint density at radius 2 is 2.04 bits per heavy atom. The minimum Gasteiger partial charge on any atom is -0.462 e. The molecule has 0 radical (unpaired) electrons. The van der Waals surface area contributed by atoms with Gasteiger partial charge in [0.1, 0.15) is 5.00 Å². The van der Waals surface area contributed by atoms with Crippen LogP contribution in [0.1, 0.15) is 43.8 Å². The highest BCUT2D eigenvalue weighted by Gasteiger charge is 2.23. The van der Waals surface area contributed by atoms with Gasteiger partial charge in [-0.2, -0.15) is 5.10 Å². The average Bonchev–Trinajstić information content (AvgIpc) is 3.03. The molecule has 0 saturated heterocycles. The van der Waals surface area contributed by atoms with Gasteiger partial charge in [-0.3, -0.25) is 9.48 Å². The molecule has 0 aromatic carbocycles. The van der Waals surface area contributed by atoms with Crippen LogP contribution < -0.4 is 5.32 Å². The quantitative estimate of drug-likeness (QED) is 0.710. The third kappa shape index (κ3) is 3.08. The number of esters is 1. The standard InChI is InChI=1S/C18H20N4O3S/c1-6-25-18(24)14-9(2)11(4)26-17(14)20-16(23)12-7-13-10(3)21-22(5)15(13)19-8-12/h7-8H,6H2,1-5H3,(H,20,23). The largest absolute Gasteiger partial charge is 0.462 e. The van der Waals surface area contributed by atoms with Crippen molar-refractivity contribution in [3.8, 4) is 0 Å². The topological polar surface area (TPSA) is 86.1 Å². The van der Waals surface area contributed by atoms with Crippen molar-refractivity contribution in [3.63, 3.8) is 0 Å². The van der Waals surface area contributed by atoms with E-state index in [1.165, 1.54) is 17.5 Å². The van der Waals surface area contributed by atoms with Gasteiger partial charge in [0.2, 0.25) is 0 Å². The first-order valence-corrected chi connectivity index (χ1v) is 9.03. The second kappa shape index (κ2) is 6.87. The molecule has 3 heterocycles. The predicted molar refractivity (Wildman–Crippen MR) is 101 cm³/mol. The van der Waals surface area contributed by atoms with Gasteiger partial charge in [0.05, 0.1) is 23.4 Å². The molecule has 0 fully saturated rings. The number of anilines is 1. The fourth-order valence-electron chi connectivity index (χ4n) is 2.77. The molecule has 3 aromatic heterocycles. The third-order valence-electron chi connectivity index (χ3n) is 4.22. The normalized spacial score (nSPS) is 11.0.